The second kappa shape index (κ2) is 4.67. The fourth-order valence-corrected chi connectivity index (χ4v) is 1.40. The molecule has 1 fully saturated rings. The van der Waals surface area contributed by atoms with Gasteiger partial charge in [-0.1, -0.05) is 5.16 Å². The number of rotatable bonds is 0. The van der Waals surface area contributed by atoms with Crippen LogP contribution in [0, 0.1) is 0 Å². The van der Waals surface area contributed by atoms with Crippen molar-refractivity contribution in [2.75, 3.05) is 13.1 Å². The van der Waals surface area contributed by atoms with E-state index >= 15 is 0 Å². The number of hydrogen-bond donors (Lipinski definition) is 1. The maximum Gasteiger partial charge on any atom is 0.410 e. The van der Waals surface area contributed by atoms with Gasteiger partial charge in [0.25, 0.3) is 0 Å². The summed E-state index contributed by atoms with van der Waals surface area (Å²) in [5.74, 6) is 0. The molecule has 0 aromatic heterocycles. The molecule has 6 heteroatoms. The quantitative estimate of drug-likeness (QED) is 0.511. The van der Waals surface area contributed by atoms with Crippen LogP contribution in [0.4, 0.5) is 9.18 Å². The van der Waals surface area contributed by atoms with Gasteiger partial charge >= 0.3 is 6.09 Å². The maximum absolute atomic E-state index is 13.4. The Kier molecular flexibility index (Phi) is 3.72. The molecule has 1 N–H and O–H groups in total. The molecule has 0 radical (unpaired) electrons. The molecule has 0 aliphatic carbocycles. The van der Waals surface area contributed by atoms with Crippen molar-refractivity contribution in [1.82, 2.24) is 4.90 Å². The molecule has 0 saturated carbocycles. The minimum absolute atomic E-state index is 0.0832. The SMILES string of the molecule is CC(C)(C)OC(=O)N1CC/C(=N\O)C(F)C1. The third kappa shape index (κ3) is 3.36. The molecule has 1 unspecified atom stereocenters. The van der Waals surface area contributed by atoms with E-state index in [4.69, 9.17) is 9.94 Å². The van der Waals surface area contributed by atoms with E-state index in [9.17, 15) is 9.18 Å². The first-order valence-corrected chi connectivity index (χ1v) is 5.16. The van der Waals surface area contributed by atoms with Crippen LogP contribution in [0.15, 0.2) is 5.16 Å². The van der Waals surface area contributed by atoms with Crippen LogP contribution >= 0.6 is 0 Å². The van der Waals surface area contributed by atoms with Crippen molar-refractivity contribution in [3.63, 3.8) is 0 Å². The smallest absolute Gasteiger partial charge is 0.410 e. The van der Waals surface area contributed by atoms with E-state index in [1.54, 1.807) is 20.8 Å². The molecule has 0 aromatic carbocycles. The highest BCUT2D eigenvalue weighted by Gasteiger charge is 2.31. The lowest BCUT2D eigenvalue weighted by atomic mass is 10.1. The number of carbonyl (C=O) groups excluding carboxylic acids is 1. The third-order valence-electron chi connectivity index (χ3n) is 2.16. The van der Waals surface area contributed by atoms with Crippen LogP contribution in [0.25, 0.3) is 0 Å². The predicted octanol–water partition coefficient (Wildman–Crippen LogP) is 1.80. The van der Waals surface area contributed by atoms with Gasteiger partial charge in [0, 0.05) is 13.0 Å². The van der Waals surface area contributed by atoms with Crippen molar-refractivity contribution in [3.05, 3.63) is 0 Å². The van der Waals surface area contributed by atoms with Crippen LogP contribution in [0.5, 0.6) is 0 Å². The molecule has 0 bridgehead atoms. The summed E-state index contributed by atoms with van der Waals surface area (Å²) < 4.78 is 18.5. The van der Waals surface area contributed by atoms with Crippen molar-refractivity contribution < 1.29 is 19.1 Å². The molecule has 92 valence electrons. The molecule has 1 atom stereocenters. The molecule has 16 heavy (non-hydrogen) atoms. The number of halogens is 1. The van der Waals surface area contributed by atoms with Crippen LogP contribution in [0.1, 0.15) is 27.2 Å². The first-order valence-electron chi connectivity index (χ1n) is 5.16. The highest BCUT2D eigenvalue weighted by atomic mass is 19.1. The number of carbonyl (C=O) groups is 1. The second-order valence-corrected chi connectivity index (χ2v) is 4.74. The number of oxime groups is 1. The van der Waals surface area contributed by atoms with Crippen LogP contribution in [-0.2, 0) is 4.74 Å². The minimum atomic E-state index is -1.41. The zero-order valence-electron chi connectivity index (χ0n) is 9.73. The van der Waals surface area contributed by atoms with E-state index in [1.165, 1.54) is 4.90 Å². The maximum atomic E-state index is 13.4. The number of ether oxygens (including phenoxy) is 1. The van der Waals surface area contributed by atoms with E-state index in [2.05, 4.69) is 5.16 Å². The average molecular weight is 232 g/mol. The Hall–Kier alpha value is -1.33. The third-order valence-corrected chi connectivity index (χ3v) is 2.16. The van der Waals surface area contributed by atoms with Crippen molar-refractivity contribution in [2.24, 2.45) is 5.16 Å². The van der Waals surface area contributed by atoms with Crippen LogP contribution in [-0.4, -0.2) is 46.8 Å². The molecule has 1 saturated heterocycles. The lowest BCUT2D eigenvalue weighted by Crippen LogP contribution is -2.47. The van der Waals surface area contributed by atoms with Crippen molar-refractivity contribution in [2.45, 2.75) is 39.0 Å². The Balaban J connectivity index is 2.55. The molecule has 1 heterocycles. The topological polar surface area (TPSA) is 62.1 Å². The number of alkyl halides is 1. The Morgan fingerprint density at radius 2 is 2.25 bits per heavy atom. The molecule has 0 spiro atoms. The standard InChI is InChI=1S/C10H17FN2O3/c1-10(2,3)16-9(14)13-5-4-8(12-15)7(11)6-13/h7,15H,4-6H2,1-3H3/b12-8+. The monoisotopic (exact) mass is 232 g/mol. The van der Waals surface area contributed by atoms with Crippen molar-refractivity contribution >= 4 is 11.8 Å². The largest absolute Gasteiger partial charge is 0.444 e. The molecule has 0 aromatic rings. The van der Waals surface area contributed by atoms with Gasteiger partial charge in [-0.2, -0.15) is 0 Å². The molecule has 5 nitrogen and oxygen atoms in total. The van der Waals surface area contributed by atoms with E-state index in [-0.39, 0.29) is 18.7 Å². The predicted molar refractivity (Wildman–Crippen MR) is 56.5 cm³/mol. The summed E-state index contributed by atoms with van der Waals surface area (Å²) in [6, 6.07) is 0. The Labute approximate surface area is 93.9 Å². The lowest BCUT2D eigenvalue weighted by Gasteiger charge is -2.31. The number of likely N-dealkylation sites (tertiary alicyclic amines) is 1. The van der Waals surface area contributed by atoms with E-state index in [0.717, 1.165) is 0 Å². The minimum Gasteiger partial charge on any atom is -0.444 e. The Morgan fingerprint density at radius 1 is 1.62 bits per heavy atom. The first-order chi connectivity index (χ1) is 7.33. The normalized spacial score (nSPS) is 24.6. The molecular weight excluding hydrogens is 215 g/mol. The zero-order chi connectivity index (χ0) is 12.3. The van der Waals surface area contributed by atoms with Gasteiger partial charge in [0.15, 0.2) is 6.17 Å². The summed E-state index contributed by atoms with van der Waals surface area (Å²) in [6.45, 7) is 5.45. The first kappa shape index (κ1) is 12.7. The highest BCUT2D eigenvalue weighted by molar-refractivity contribution is 5.90. The Morgan fingerprint density at radius 3 is 2.69 bits per heavy atom. The average Bonchev–Trinajstić information content (AvgIpc) is 2.15. The van der Waals surface area contributed by atoms with Gasteiger partial charge in [-0.3, -0.25) is 0 Å². The van der Waals surface area contributed by atoms with E-state index in [1.807, 2.05) is 0 Å². The molecule has 1 aliphatic heterocycles. The van der Waals surface area contributed by atoms with Crippen LogP contribution in [0.2, 0.25) is 0 Å². The lowest BCUT2D eigenvalue weighted by molar-refractivity contribution is 0.0209. The van der Waals surface area contributed by atoms with Crippen molar-refractivity contribution in [3.8, 4) is 0 Å². The summed E-state index contributed by atoms with van der Waals surface area (Å²) in [5.41, 5.74) is -0.506. The van der Waals surface area contributed by atoms with Gasteiger partial charge in [-0.25, -0.2) is 9.18 Å². The van der Waals surface area contributed by atoms with E-state index < -0.39 is 17.9 Å². The van der Waals surface area contributed by atoms with Crippen LogP contribution in [0.3, 0.4) is 0 Å². The number of nitrogens with zero attached hydrogens (tertiary/aromatic N) is 2. The van der Waals surface area contributed by atoms with Crippen LogP contribution < -0.4 is 0 Å². The second-order valence-electron chi connectivity index (χ2n) is 4.74. The summed E-state index contributed by atoms with van der Waals surface area (Å²) >= 11 is 0. The summed E-state index contributed by atoms with van der Waals surface area (Å²) in [7, 11) is 0. The van der Waals surface area contributed by atoms with Gasteiger partial charge in [0.2, 0.25) is 0 Å². The van der Waals surface area contributed by atoms with Gasteiger partial charge in [0.05, 0.1) is 12.3 Å². The molecule has 1 rings (SSSR count). The molecule has 1 amide bonds. The summed E-state index contributed by atoms with van der Waals surface area (Å²) in [6.07, 6.45) is -1.71. The van der Waals surface area contributed by atoms with Gasteiger partial charge < -0.3 is 14.8 Å². The number of piperidine rings is 1. The summed E-state index contributed by atoms with van der Waals surface area (Å²) in [4.78, 5) is 12.9. The number of hydrogen-bond acceptors (Lipinski definition) is 4. The fraction of sp³-hybridized carbons (Fsp3) is 0.800. The van der Waals surface area contributed by atoms with Gasteiger partial charge in [-0.15, -0.1) is 0 Å². The molecular formula is C10H17FN2O3. The van der Waals surface area contributed by atoms with Gasteiger partial charge in [0.1, 0.15) is 5.60 Å². The Bertz CT molecular complexity index is 299. The van der Waals surface area contributed by atoms with Gasteiger partial charge in [-0.05, 0) is 20.8 Å². The van der Waals surface area contributed by atoms with Crippen molar-refractivity contribution in [1.29, 1.82) is 0 Å². The summed E-state index contributed by atoms with van der Waals surface area (Å²) in [5, 5.41) is 11.3. The fourth-order valence-electron chi connectivity index (χ4n) is 1.40. The molecule has 1 aliphatic rings. The zero-order valence-corrected chi connectivity index (χ0v) is 9.73. The number of amides is 1. The highest BCUT2D eigenvalue weighted by Crippen LogP contribution is 2.15. The van der Waals surface area contributed by atoms with E-state index in [0.29, 0.717) is 6.54 Å².